The van der Waals surface area contributed by atoms with E-state index in [9.17, 15) is 23.5 Å². The molecule has 166 valence electrons. The first-order chi connectivity index (χ1) is 15.2. The Balaban J connectivity index is 2.27. The molecular formula is C21H19F2N5O4. The van der Waals surface area contributed by atoms with Crippen LogP contribution in [0.2, 0.25) is 0 Å². The molecule has 2 aromatic heterocycles. The van der Waals surface area contributed by atoms with Crippen LogP contribution in [0, 0.1) is 6.57 Å². The summed E-state index contributed by atoms with van der Waals surface area (Å²) in [5.74, 6) is -3.20. The highest BCUT2D eigenvalue weighted by atomic mass is 19.3. The van der Waals surface area contributed by atoms with Gasteiger partial charge in [0.2, 0.25) is 5.75 Å². The van der Waals surface area contributed by atoms with Crippen LogP contribution in [-0.2, 0) is 7.05 Å². The van der Waals surface area contributed by atoms with Gasteiger partial charge in [0.15, 0.2) is 11.4 Å². The zero-order valence-corrected chi connectivity index (χ0v) is 17.4. The highest BCUT2D eigenvalue weighted by molar-refractivity contribution is 5.88. The summed E-state index contributed by atoms with van der Waals surface area (Å²) in [5.41, 5.74) is -0.118. The topological polar surface area (TPSA) is 104 Å². The molecule has 1 aromatic carbocycles. The summed E-state index contributed by atoms with van der Waals surface area (Å²) in [6, 6.07) is 6.63. The van der Waals surface area contributed by atoms with E-state index in [1.807, 2.05) is 0 Å². The first kappa shape index (κ1) is 22.6. The van der Waals surface area contributed by atoms with E-state index in [4.69, 9.17) is 11.3 Å². The number of alkyl halides is 2. The van der Waals surface area contributed by atoms with E-state index < -0.39 is 41.4 Å². The SMILES string of the molecule is [C-]#[N+]c1ccccc1C(c1cnn(C(F)F)c1)C(C)c1nc(C(=O)O)c(OC)c(=O)n1C. The molecule has 0 saturated carbocycles. The van der Waals surface area contributed by atoms with Crippen molar-refractivity contribution in [1.29, 1.82) is 0 Å². The fourth-order valence-corrected chi connectivity index (χ4v) is 3.69. The molecule has 11 heteroatoms. The Kier molecular flexibility index (Phi) is 6.34. The fourth-order valence-electron chi connectivity index (χ4n) is 3.69. The molecule has 0 fully saturated rings. The van der Waals surface area contributed by atoms with E-state index in [0.29, 0.717) is 15.8 Å². The van der Waals surface area contributed by atoms with Gasteiger partial charge >= 0.3 is 12.5 Å². The van der Waals surface area contributed by atoms with Crippen LogP contribution in [0.3, 0.4) is 0 Å². The fraction of sp³-hybridized carbons (Fsp3) is 0.286. The number of hydrogen-bond donors (Lipinski definition) is 1. The van der Waals surface area contributed by atoms with E-state index in [-0.39, 0.29) is 11.5 Å². The molecule has 0 radical (unpaired) electrons. The van der Waals surface area contributed by atoms with Crippen LogP contribution in [0.4, 0.5) is 14.5 Å². The second-order valence-corrected chi connectivity index (χ2v) is 6.99. The summed E-state index contributed by atoms with van der Waals surface area (Å²) in [5, 5.41) is 13.2. The molecule has 9 nitrogen and oxygen atoms in total. The van der Waals surface area contributed by atoms with E-state index in [2.05, 4.69) is 14.9 Å². The summed E-state index contributed by atoms with van der Waals surface area (Å²) in [7, 11) is 2.58. The van der Waals surface area contributed by atoms with Crippen LogP contribution in [0.25, 0.3) is 4.85 Å². The van der Waals surface area contributed by atoms with Gasteiger partial charge < -0.3 is 9.84 Å². The van der Waals surface area contributed by atoms with Gasteiger partial charge in [0, 0.05) is 25.1 Å². The van der Waals surface area contributed by atoms with Crippen LogP contribution >= 0.6 is 0 Å². The Bertz CT molecular complexity index is 1260. The maximum atomic E-state index is 13.2. The molecule has 0 aliphatic heterocycles. The Morgan fingerprint density at radius 3 is 2.56 bits per heavy atom. The average molecular weight is 443 g/mol. The van der Waals surface area contributed by atoms with Crippen molar-refractivity contribution in [3.63, 3.8) is 0 Å². The van der Waals surface area contributed by atoms with Crippen molar-refractivity contribution in [1.82, 2.24) is 19.3 Å². The first-order valence-electron chi connectivity index (χ1n) is 9.38. The number of para-hydroxylation sites is 1. The van der Waals surface area contributed by atoms with Gasteiger partial charge in [-0.2, -0.15) is 13.9 Å². The Hall–Kier alpha value is -4.07. The van der Waals surface area contributed by atoms with Gasteiger partial charge in [-0.05, 0) is 11.1 Å². The molecule has 0 bridgehead atoms. The summed E-state index contributed by atoms with van der Waals surface area (Å²) >= 11 is 0. The Morgan fingerprint density at radius 2 is 2.00 bits per heavy atom. The lowest BCUT2D eigenvalue weighted by Gasteiger charge is -2.26. The summed E-state index contributed by atoms with van der Waals surface area (Å²) < 4.78 is 32.9. The number of rotatable bonds is 7. The maximum absolute atomic E-state index is 13.2. The third-order valence-corrected chi connectivity index (χ3v) is 5.17. The van der Waals surface area contributed by atoms with E-state index in [1.54, 1.807) is 31.2 Å². The molecule has 32 heavy (non-hydrogen) atoms. The van der Waals surface area contributed by atoms with Gasteiger partial charge in [-0.1, -0.05) is 31.2 Å². The number of nitrogens with zero attached hydrogens (tertiary/aromatic N) is 5. The molecule has 1 N–H and O–H groups in total. The van der Waals surface area contributed by atoms with Gasteiger partial charge in [0.1, 0.15) is 5.82 Å². The zero-order chi connectivity index (χ0) is 23.6. The minimum absolute atomic E-state index is 0.0859. The molecule has 3 rings (SSSR count). The quantitative estimate of drug-likeness (QED) is 0.560. The highest BCUT2D eigenvalue weighted by Crippen LogP contribution is 2.41. The van der Waals surface area contributed by atoms with E-state index >= 15 is 0 Å². The third kappa shape index (κ3) is 3.94. The lowest BCUT2D eigenvalue weighted by atomic mass is 9.81. The van der Waals surface area contributed by atoms with Crippen molar-refractivity contribution in [2.24, 2.45) is 7.05 Å². The molecule has 0 aliphatic rings. The predicted molar refractivity (Wildman–Crippen MR) is 109 cm³/mol. The third-order valence-electron chi connectivity index (χ3n) is 5.17. The minimum atomic E-state index is -2.86. The van der Waals surface area contributed by atoms with Gasteiger partial charge in [-0.25, -0.2) is 19.3 Å². The highest BCUT2D eigenvalue weighted by Gasteiger charge is 2.31. The normalized spacial score (nSPS) is 12.9. The number of ether oxygens (including phenoxy) is 1. The van der Waals surface area contributed by atoms with Gasteiger partial charge in [-0.15, -0.1) is 0 Å². The van der Waals surface area contributed by atoms with Gasteiger partial charge in [0.05, 0.1) is 19.9 Å². The van der Waals surface area contributed by atoms with Crippen LogP contribution in [-0.4, -0.2) is 37.5 Å². The molecule has 0 spiro atoms. The molecule has 2 unspecified atom stereocenters. The van der Waals surface area contributed by atoms with Crippen molar-refractivity contribution in [2.75, 3.05) is 7.11 Å². The minimum Gasteiger partial charge on any atom is -0.489 e. The second kappa shape index (κ2) is 8.97. The zero-order valence-electron chi connectivity index (χ0n) is 17.4. The number of benzene rings is 1. The summed E-state index contributed by atoms with van der Waals surface area (Å²) in [6.45, 7) is 6.31. The van der Waals surface area contributed by atoms with Gasteiger partial charge in [-0.3, -0.25) is 9.36 Å². The number of hydrogen-bond acceptors (Lipinski definition) is 5. The summed E-state index contributed by atoms with van der Waals surface area (Å²) in [4.78, 5) is 32.1. The summed E-state index contributed by atoms with van der Waals surface area (Å²) in [6.07, 6.45) is 2.42. The lowest BCUT2D eigenvalue weighted by Crippen LogP contribution is -2.29. The lowest BCUT2D eigenvalue weighted by molar-refractivity contribution is 0.0564. The number of aromatic carboxylic acids is 1. The van der Waals surface area contributed by atoms with Crippen LogP contribution in [0.5, 0.6) is 5.75 Å². The maximum Gasteiger partial charge on any atom is 0.358 e. The molecule has 0 saturated heterocycles. The standard InChI is InChI=1S/C21H19F2N5O4/c1-11(18-26-16(20(30)31)17(32-4)19(29)27(18)3)15(12-9-25-28(10-12)21(22)23)13-7-5-6-8-14(13)24-2/h5-11,15,21H,1,3-4H3,(H,30,31). The average Bonchev–Trinajstić information content (AvgIpc) is 3.25. The van der Waals surface area contributed by atoms with Crippen LogP contribution in [0.15, 0.2) is 41.5 Å². The molecule has 2 atom stereocenters. The monoisotopic (exact) mass is 443 g/mol. The molecular weight excluding hydrogens is 424 g/mol. The number of halogens is 2. The number of carboxylic acid groups (broad SMARTS) is 1. The first-order valence-corrected chi connectivity index (χ1v) is 9.38. The Labute approximate surface area is 181 Å². The van der Waals surface area contributed by atoms with E-state index in [0.717, 1.165) is 10.8 Å². The van der Waals surface area contributed by atoms with Crippen molar-refractivity contribution >= 4 is 11.7 Å². The molecule has 0 amide bonds. The molecule has 2 heterocycles. The number of carboxylic acids is 1. The van der Waals surface area contributed by atoms with Crippen molar-refractivity contribution < 1.29 is 23.4 Å². The number of carbonyl (C=O) groups is 1. The van der Waals surface area contributed by atoms with E-state index in [1.165, 1.54) is 20.4 Å². The molecule has 3 aromatic rings. The predicted octanol–water partition coefficient (Wildman–Crippen LogP) is 3.57. The van der Waals surface area contributed by atoms with Crippen molar-refractivity contribution in [2.45, 2.75) is 25.3 Å². The van der Waals surface area contributed by atoms with Crippen molar-refractivity contribution in [3.8, 4) is 5.75 Å². The second-order valence-electron chi connectivity index (χ2n) is 6.99. The molecule has 0 aliphatic carbocycles. The van der Waals surface area contributed by atoms with Crippen LogP contribution < -0.4 is 10.3 Å². The number of methoxy groups -OCH3 is 1. The van der Waals surface area contributed by atoms with Gasteiger partial charge in [0.25, 0.3) is 5.56 Å². The Morgan fingerprint density at radius 1 is 1.31 bits per heavy atom. The smallest absolute Gasteiger partial charge is 0.358 e. The number of aromatic nitrogens is 4. The van der Waals surface area contributed by atoms with Crippen molar-refractivity contribution in [3.05, 3.63) is 81.1 Å². The largest absolute Gasteiger partial charge is 0.489 e. The van der Waals surface area contributed by atoms with Crippen LogP contribution in [0.1, 0.15) is 52.7 Å².